The molecule has 0 unspecified atom stereocenters. The second-order valence-electron chi connectivity index (χ2n) is 4.18. The molecule has 84 valence electrons. The van der Waals surface area contributed by atoms with E-state index < -0.39 is 0 Å². The Morgan fingerprint density at radius 1 is 1.40 bits per heavy atom. The van der Waals surface area contributed by atoms with Crippen molar-refractivity contribution in [1.29, 1.82) is 0 Å². The van der Waals surface area contributed by atoms with Crippen LogP contribution in [0.3, 0.4) is 0 Å². The number of hydrogen-bond acceptors (Lipinski definition) is 2. The van der Waals surface area contributed by atoms with Crippen LogP contribution in [0.2, 0.25) is 0 Å². The average Bonchev–Trinajstić information content (AvgIpc) is 2.89. The molecule has 1 fully saturated rings. The van der Waals surface area contributed by atoms with E-state index in [0.717, 1.165) is 25.0 Å². The van der Waals surface area contributed by atoms with E-state index in [9.17, 15) is 0 Å². The molecule has 1 saturated carbocycles. The quantitative estimate of drug-likeness (QED) is 0.713. The number of thiophene rings is 1. The summed E-state index contributed by atoms with van der Waals surface area (Å²) >= 11 is 7.73. The summed E-state index contributed by atoms with van der Waals surface area (Å²) in [6.45, 7) is 2.12. The van der Waals surface area contributed by atoms with Gasteiger partial charge in [-0.1, -0.05) is 18.9 Å². The van der Waals surface area contributed by atoms with Gasteiger partial charge in [-0.05, 0) is 24.3 Å². The molecule has 0 spiro atoms. The van der Waals surface area contributed by atoms with Crippen LogP contribution < -0.4 is 0 Å². The minimum absolute atomic E-state index is 0.752. The van der Waals surface area contributed by atoms with E-state index in [2.05, 4.69) is 22.4 Å². The van der Waals surface area contributed by atoms with E-state index in [1.54, 1.807) is 0 Å². The Morgan fingerprint density at radius 3 is 2.80 bits per heavy atom. The van der Waals surface area contributed by atoms with Gasteiger partial charge in [-0.3, -0.25) is 4.90 Å². The third-order valence-corrected chi connectivity index (χ3v) is 4.18. The van der Waals surface area contributed by atoms with Crippen molar-refractivity contribution in [3.8, 4) is 0 Å². The third kappa shape index (κ3) is 3.20. The maximum absolute atomic E-state index is 5.88. The Labute approximate surface area is 101 Å². The van der Waals surface area contributed by atoms with Gasteiger partial charge >= 0.3 is 0 Å². The van der Waals surface area contributed by atoms with E-state index in [1.807, 2.05) is 11.3 Å². The lowest BCUT2D eigenvalue weighted by molar-refractivity contribution is 0.203. The van der Waals surface area contributed by atoms with Gasteiger partial charge in [-0.15, -0.1) is 22.9 Å². The SMILES string of the molecule is ClCCN(Cc1cccs1)C1CCCC1. The first kappa shape index (κ1) is 11.4. The zero-order chi connectivity index (χ0) is 10.5. The van der Waals surface area contributed by atoms with Crippen molar-refractivity contribution in [2.24, 2.45) is 0 Å². The fraction of sp³-hybridized carbons (Fsp3) is 0.667. The van der Waals surface area contributed by atoms with Crippen LogP contribution in [0.5, 0.6) is 0 Å². The lowest BCUT2D eigenvalue weighted by Crippen LogP contribution is -2.34. The molecule has 1 nitrogen and oxygen atoms in total. The lowest BCUT2D eigenvalue weighted by Gasteiger charge is -2.27. The van der Waals surface area contributed by atoms with Crippen LogP contribution in [0, 0.1) is 0 Å². The number of halogens is 1. The van der Waals surface area contributed by atoms with Crippen LogP contribution in [0.15, 0.2) is 17.5 Å². The minimum Gasteiger partial charge on any atom is -0.294 e. The van der Waals surface area contributed by atoms with E-state index in [1.165, 1.54) is 30.6 Å². The van der Waals surface area contributed by atoms with Gasteiger partial charge in [0.25, 0.3) is 0 Å². The van der Waals surface area contributed by atoms with E-state index in [-0.39, 0.29) is 0 Å². The molecule has 1 aromatic heterocycles. The monoisotopic (exact) mass is 243 g/mol. The maximum atomic E-state index is 5.88. The summed E-state index contributed by atoms with van der Waals surface area (Å²) < 4.78 is 0. The van der Waals surface area contributed by atoms with E-state index >= 15 is 0 Å². The number of alkyl halides is 1. The third-order valence-electron chi connectivity index (χ3n) is 3.15. The Morgan fingerprint density at radius 2 is 2.20 bits per heavy atom. The standard InChI is InChI=1S/C12H18ClNS/c13-7-8-14(11-4-1-2-5-11)10-12-6-3-9-15-12/h3,6,9,11H,1-2,4-5,7-8,10H2. The molecule has 0 aromatic carbocycles. The van der Waals surface area contributed by atoms with Crippen LogP contribution in [0.4, 0.5) is 0 Å². The van der Waals surface area contributed by atoms with Gasteiger partial charge in [-0.25, -0.2) is 0 Å². The predicted molar refractivity (Wildman–Crippen MR) is 67.7 cm³/mol. The molecule has 3 heteroatoms. The lowest BCUT2D eigenvalue weighted by atomic mass is 10.2. The van der Waals surface area contributed by atoms with Crippen molar-refractivity contribution in [2.75, 3.05) is 12.4 Å². The summed E-state index contributed by atoms with van der Waals surface area (Å²) in [4.78, 5) is 4.03. The molecule has 0 bridgehead atoms. The smallest absolute Gasteiger partial charge is 0.0351 e. The summed E-state index contributed by atoms with van der Waals surface area (Å²) in [5.74, 6) is 0.752. The van der Waals surface area contributed by atoms with Gasteiger partial charge in [0, 0.05) is 29.9 Å². The van der Waals surface area contributed by atoms with Crippen molar-refractivity contribution in [3.05, 3.63) is 22.4 Å². The molecule has 15 heavy (non-hydrogen) atoms. The Bertz CT molecular complexity index is 267. The van der Waals surface area contributed by atoms with Crippen LogP contribution in [0.25, 0.3) is 0 Å². The molecule has 1 aliphatic rings. The Kier molecular flexibility index (Phi) is 4.48. The first-order valence-electron chi connectivity index (χ1n) is 5.72. The second kappa shape index (κ2) is 5.88. The molecule has 1 aromatic rings. The zero-order valence-corrected chi connectivity index (χ0v) is 10.6. The van der Waals surface area contributed by atoms with Gasteiger partial charge in [0.2, 0.25) is 0 Å². The summed E-state index contributed by atoms with van der Waals surface area (Å²) in [6.07, 6.45) is 5.52. The number of nitrogens with zero attached hydrogens (tertiary/aromatic N) is 1. The van der Waals surface area contributed by atoms with Crippen molar-refractivity contribution >= 4 is 22.9 Å². The zero-order valence-electron chi connectivity index (χ0n) is 8.99. The highest BCUT2D eigenvalue weighted by molar-refractivity contribution is 7.09. The molecule has 0 amide bonds. The van der Waals surface area contributed by atoms with Crippen LogP contribution >= 0.6 is 22.9 Å². The van der Waals surface area contributed by atoms with Gasteiger partial charge < -0.3 is 0 Å². The molecule has 0 radical (unpaired) electrons. The number of rotatable bonds is 5. The largest absolute Gasteiger partial charge is 0.294 e. The predicted octanol–water partition coefficient (Wildman–Crippen LogP) is 3.73. The van der Waals surface area contributed by atoms with Crippen LogP contribution in [0.1, 0.15) is 30.6 Å². The molecule has 0 atom stereocenters. The Balaban J connectivity index is 1.93. The van der Waals surface area contributed by atoms with Crippen LogP contribution in [-0.2, 0) is 6.54 Å². The minimum atomic E-state index is 0.752. The molecular formula is C12H18ClNS. The molecule has 0 aliphatic heterocycles. The van der Waals surface area contributed by atoms with Crippen molar-refractivity contribution in [2.45, 2.75) is 38.3 Å². The summed E-state index contributed by atoms with van der Waals surface area (Å²) in [7, 11) is 0. The summed E-state index contributed by atoms with van der Waals surface area (Å²) in [5.41, 5.74) is 0. The van der Waals surface area contributed by atoms with Gasteiger partial charge in [-0.2, -0.15) is 0 Å². The second-order valence-corrected chi connectivity index (χ2v) is 5.59. The fourth-order valence-electron chi connectivity index (χ4n) is 2.37. The highest BCUT2D eigenvalue weighted by Gasteiger charge is 2.22. The van der Waals surface area contributed by atoms with Gasteiger partial charge in [0.05, 0.1) is 0 Å². The first-order chi connectivity index (χ1) is 7.40. The molecular weight excluding hydrogens is 226 g/mol. The average molecular weight is 244 g/mol. The summed E-state index contributed by atoms with van der Waals surface area (Å²) in [6, 6.07) is 5.14. The van der Waals surface area contributed by atoms with Crippen molar-refractivity contribution in [1.82, 2.24) is 4.90 Å². The first-order valence-corrected chi connectivity index (χ1v) is 7.14. The topological polar surface area (TPSA) is 3.24 Å². The van der Waals surface area contributed by atoms with E-state index in [0.29, 0.717) is 0 Å². The molecule has 2 rings (SSSR count). The van der Waals surface area contributed by atoms with Gasteiger partial charge in [0.1, 0.15) is 0 Å². The van der Waals surface area contributed by atoms with Crippen LogP contribution in [-0.4, -0.2) is 23.4 Å². The molecule has 0 saturated heterocycles. The van der Waals surface area contributed by atoms with E-state index in [4.69, 9.17) is 11.6 Å². The molecule has 0 N–H and O–H groups in total. The molecule has 1 heterocycles. The highest BCUT2D eigenvalue weighted by atomic mass is 35.5. The highest BCUT2D eigenvalue weighted by Crippen LogP contribution is 2.25. The van der Waals surface area contributed by atoms with Gasteiger partial charge in [0.15, 0.2) is 0 Å². The molecule has 1 aliphatic carbocycles. The van der Waals surface area contributed by atoms with Crippen molar-refractivity contribution in [3.63, 3.8) is 0 Å². The maximum Gasteiger partial charge on any atom is 0.0351 e. The number of hydrogen-bond donors (Lipinski definition) is 0. The summed E-state index contributed by atoms with van der Waals surface area (Å²) in [5, 5.41) is 2.16. The normalized spacial score (nSPS) is 17.7. The van der Waals surface area contributed by atoms with Crippen molar-refractivity contribution < 1.29 is 0 Å². The Hall–Kier alpha value is -0.0500. The fourth-order valence-corrected chi connectivity index (χ4v) is 3.32.